The van der Waals surface area contributed by atoms with E-state index in [0.717, 1.165) is 42.6 Å². The van der Waals surface area contributed by atoms with E-state index in [1.807, 2.05) is 12.1 Å². The zero-order chi connectivity index (χ0) is 27.1. The fourth-order valence-electron chi connectivity index (χ4n) is 4.83. The monoisotopic (exact) mass is 558 g/mol. The third-order valence-corrected chi connectivity index (χ3v) is 7.70. The van der Waals surface area contributed by atoms with E-state index in [1.54, 1.807) is 31.0 Å². The Hall–Kier alpha value is -3.93. The molecule has 1 aliphatic rings. The molecule has 1 unspecified atom stereocenters. The second-order valence-electron chi connectivity index (χ2n) is 9.38. The third kappa shape index (κ3) is 5.08. The molecule has 204 valence electrons. The predicted octanol–water partition coefficient (Wildman–Crippen LogP) is 6.54. The minimum Gasteiger partial charge on any atom is -0.496 e. The van der Waals surface area contributed by atoms with E-state index in [9.17, 15) is 13.2 Å². The lowest BCUT2D eigenvalue weighted by molar-refractivity contribution is -0.137. The largest absolute Gasteiger partial charge is 0.496 e. The molecule has 0 saturated carbocycles. The summed E-state index contributed by atoms with van der Waals surface area (Å²) in [7, 11) is 3.15. The van der Waals surface area contributed by atoms with Gasteiger partial charge in [0.1, 0.15) is 22.8 Å². The molecule has 3 aromatic heterocycles. The number of fused-ring (bicyclic) bond motifs is 2. The second-order valence-corrected chi connectivity index (χ2v) is 10.3. The highest BCUT2D eigenvalue weighted by Crippen LogP contribution is 2.38. The summed E-state index contributed by atoms with van der Waals surface area (Å²) in [5.41, 5.74) is 1.38. The van der Waals surface area contributed by atoms with Crippen LogP contribution < -0.4 is 19.1 Å². The number of furan rings is 1. The Kier molecular flexibility index (Phi) is 6.49. The molecule has 8 nitrogen and oxygen atoms in total. The van der Waals surface area contributed by atoms with Gasteiger partial charge in [-0.05, 0) is 54.5 Å². The quantitative estimate of drug-likeness (QED) is 0.225. The summed E-state index contributed by atoms with van der Waals surface area (Å²) < 4.78 is 63.6. The van der Waals surface area contributed by atoms with Crippen LogP contribution in [0, 0.1) is 5.92 Å². The van der Waals surface area contributed by atoms with E-state index in [-0.39, 0.29) is 5.92 Å². The molecule has 5 aromatic rings. The van der Waals surface area contributed by atoms with Gasteiger partial charge in [-0.2, -0.15) is 13.2 Å². The maximum atomic E-state index is 13.0. The van der Waals surface area contributed by atoms with Gasteiger partial charge < -0.3 is 23.5 Å². The van der Waals surface area contributed by atoms with Gasteiger partial charge in [0.15, 0.2) is 5.76 Å². The Labute approximate surface area is 225 Å². The van der Waals surface area contributed by atoms with Crippen LogP contribution in [0.2, 0.25) is 0 Å². The van der Waals surface area contributed by atoms with Crippen LogP contribution in [-0.2, 0) is 6.18 Å². The molecule has 1 fully saturated rings. The predicted molar refractivity (Wildman–Crippen MR) is 141 cm³/mol. The smallest absolute Gasteiger partial charge is 0.416 e. The molecule has 1 aliphatic heterocycles. The number of nitrogens with zero attached hydrogens (tertiary/aromatic N) is 4. The van der Waals surface area contributed by atoms with Crippen molar-refractivity contribution in [3.05, 3.63) is 54.2 Å². The van der Waals surface area contributed by atoms with Crippen LogP contribution in [0.1, 0.15) is 18.4 Å². The van der Waals surface area contributed by atoms with Crippen LogP contribution in [-0.4, -0.2) is 48.5 Å². The van der Waals surface area contributed by atoms with Crippen molar-refractivity contribution >= 4 is 33.0 Å². The first-order valence-corrected chi connectivity index (χ1v) is 13.2. The fraction of sp³-hybridized carbons (Fsp3) is 0.333. The van der Waals surface area contributed by atoms with E-state index in [1.165, 1.54) is 23.5 Å². The van der Waals surface area contributed by atoms with E-state index >= 15 is 0 Å². The summed E-state index contributed by atoms with van der Waals surface area (Å²) in [6.45, 7) is 1.93. The molecule has 12 heteroatoms. The van der Waals surface area contributed by atoms with Crippen molar-refractivity contribution in [2.75, 3.05) is 38.8 Å². The van der Waals surface area contributed by atoms with E-state index in [0.29, 0.717) is 51.8 Å². The topological polar surface area (TPSA) is 74.3 Å². The Morgan fingerprint density at radius 3 is 2.64 bits per heavy atom. The summed E-state index contributed by atoms with van der Waals surface area (Å²) >= 11 is 1.33. The molecule has 0 aliphatic carbocycles. The van der Waals surface area contributed by atoms with Crippen LogP contribution in [0.4, 0.5) is 18.9 Å². The Morgan fingerprint density at radius 2 is 1.92 bits per heavy atom. The molecule has 0 N–H and O–H groups in total. The van der Waals surface area contributed by atoms with E-state index in [4.69, 9.17) is 18.6 Å². The summed E-state index contributed by atoms with van der Waals surface area (Å²) in [5, 5.41) is 5.63. The average molecular weight is 559 g/mol. The first-order chi connectivity index (χ1) is 18.8. The Morgan fingerprint density at radius 1 is 1.10 bits per heavy atom. The van der Waals surface area contributed by atoms with Crippen LogP contribution in [0.5, 0.6) is 16.7 Å². The number of halogens is 3. The molecule has 6 rings (SSSR count). The summed E-state index contributed by atoms with van der Waals surface area (Å²) in [6, 6.07) is 10.9. The van der Waals surface area contributed by atoms with Crippen molar-refractivity contribution < 1.29 is 31.8 Å². The molecule has 4 heterocycles. The van der Waals surface area contributed by atoms with Gasteiger partial charge in [-0.1, -0.05) is 0 Å². The van der Waals surface area contributed by atoms with Crippen molar-refractivity contribution in [1.29, 1.82) is 0 Å². The first kappa shape index (κ1) is 25.4. The lowest BCUT2D eigenvalue weighted by Crippen LogP contribution is -2.37. The van der Waals surface area contributed by atoms with Crippen molar-refractivity contribution in [2.45, 2.75) is 19.0 Å². The molecule has 0 bridgehead atoms. The Bertz CT molecular complexity index is 1580. The standard InChI is InChI=1S/C27H25F3N4O4S/c1-35-19-10-22(20-12-24(38-23(20)11-19)21-14-34-25(31-21)39-26(32-34)36-2)37-15-16-4-3-9-33(13-16)18-7-5-17(6-8-18)27(28,29)30/h5-8,10-12,14,16H,3-4,9,13,15H2,1-2H3. The van der Waals surface area contributed by atoms with Crippen LogP contribution in [0.3, 0.4) is 0 Å². The number of ether oxygens (including phenoxy) is 3. The van der Waals surface area contributed by atoms with Gasteiger partial charge in [-0.15, -0.1) is 5.10 Å². The zero-order valence-electron chi connectivity index (χ0n) is 21.2. The van der Waals surface area contributed by atoms with Crippen molar-refractivity contribution in [1.82, 2.24) is 14.6 Å². The fourth-order valence-corrected chi connectivity index (χ4v) is 5.53. The molecule has 0 amide bonds. The van der Waals surface area contributed by atoms with E-state index < -0.39 is 11.7 Å². The molecular formula is C27H25F3N4O4S. The lowest BCUT2D eigenvalue weighted by Gasteiger charge is -2.34. The lowest BCUT2D eigenvalue weighted by atomic mass is 9.98. The van der Waals surface area contributed by atoms with Crippen molar-refractivity contribution in [3.63, 3.8) is 0 Å². The number of imidazole rings is 1. The average Bonchev–Trinajstić information content (AvgIpc) is 3.64. The summed E-state index contributed by atoms with van der Waals surface area (Å²) in [5.74, 6) is 2.01. The van der Waals surface area contributed by atoms with Crippen LogP contribution >= 0.6 is 11.3 Å². The van der Waals surface area contributed by atoms with Gasteiger partial charge in [0, 0.05) is 36.8 Å². The van der Waals surface area contributed by atoms with Crippen molar-refractivity contribution in [3.8, 4) is 28.1 Å². The number of piperidine rings is 1. The number of hydrogen-bond donors (Lipinski definition) is 0. The number of methoxy groups -OCH3 is 2. The zero-order valence-corrected chi connectivity index (χ0v) is 22.0. The van der Waals surface area contributed by atoms with Crippen LogP contribution in [0.15, 0.2) is 53.1 Å². The van der Waals surface area contributed by atoms with Gasteiger partial charge in [0.2, 0.25) is 4.96 Å². The van der Waals surface area contributed by atoms with Gasteiger partial charge >= 0.3 is 6.18 Å². The maximum Gasteiger partial charge on any atom is 0.416 e. The van der Waals surface area contributed by atoms with Gasteiger partial charge in [-0.3, -0.25) is 0 Å². The van der Waals surface area contributed by atoms with Gasteiger partial charge in [0.25, 0.3) is 5.19 Å². The number of benzene rings is 2. The highest BCUT2D eigenvalue weighted by atomic mass is 32.1. The minimum atomic E-state index is -4.34. The third-order valence-electron chi connectivity index (χ3n) is 6.81. The van der Waals surface area contributed by atoms with E-state index in [2.05, 4.69) is 15.0 Å². The number of rotatable bonds is 7. The number of aromatic nitrogens is 3. The second kappa shape index (κ2) is 9.99. The van der Waals surface area contributed by atoms with Crippen molar-refractivity contribution in [2.24, 2.45) is 5.92 Å². The molecule has 0 radical (unpaired) electrons. The minimum absolute atomic E-state index is 0.203. The SMILES string of the molecule is COc1cc(OCC2CCCN(c3ccc(C(F)(F)F)cc3)C2)c2cc(-c3cn4nc(OC)sc4n3)oc2c1. The number of hydrogen-bond acceptors (Lipinski definition) is 8. The number of alkyl halides is 3. The maximum absolute atomic E-state index is 13.0. The highest BCUT2D eigenvalue weighted by molar-refractivity contribution is 7.18. The van der Waals surface area contributed by atoms with Crippen LogP contribution in [0.25, 0.3) is 27.4 Å². The molecule has 0 spiro atoms. The molecule has 1 saturated heterocycles. The normalized spacial score (nSPS) is 16.2. The first-order valence-electron chi connectivity index (χ1n) is 12.4. The molecule has 39 heavy (non-hydrogen) atoms. The van der Waals surface area contributed by atoms with Gasteiger partial charge in [-0.25, -0.2) is 9.50 Å². The molecule has 2 aromatic carbocycles. The highest BCUT2D eigenvalue weighted by Gasteiger charge is 2.30. The Balaban J connectivity index is 1.20. The van der Waals surface area contributed by atoms with Gasteiger partial charge in [0.05, 0.1) is 38.0 Å². The summed E-state index contributed by atoms with van der Waals surface area (Å²) in [4.78, 5) is 7.40. The number of anilines is 1. The molecule has 1 atom stereocenters. The molecular weight excluding hydrogens is 533 g/mol. The summed E-state index contributed by atoms with van der Waals surface area (Å²) in [6.07, 6.45) is -0.677.